The number of aromatic nitrogens is 3. The Hall–Kier alpha value is -3.05. The maximum absolute atomic E-state index is 5.86. The molecule has 4 aromatic rings. The summed E-state index contributed by atoms with van der Waals surface area (Å²) in [5.41, 5.74) is 3.77. The molecule has 0 spiro atoms. The number of imidazole rings is 1. The predicted molar refractivity (Wildman–Crippen MR) is 104 cm³/mol. The van der Waals surface area contributed by atoms with Crippen molar-refractivity contribution in [1.29, 1.82) is 0 Å². The standard InChI is InChI=1S/C20H17N3O2.ClH/c1-24-19-11-15(25-13-14-5-3-2-4-6-14)7-8-16(19)20-22-17-9-10-21-12-18(17)23-20;/h2-12H,13H2,1H3,(H,22,23);1H. The highest BCUT2D eigenvalue weighted by Crippen LogP contribution is 2.32. The number of benzene rings is 2. The quantitative estimate of drug-likeness (QED) is 0.558. The number of fused-ring (bicyclic) bond motifs is 1. The Morgan fingerprint density at radius 3 is 2.65 bits per heavy atom. The first-order chi connectivity index (χ1) is 12.3. The van der Waals surface area contributed by atoms with E-state index in [-0.39, 0.29) is 12.4 Å². The normalized spacial score (nSPS) is 10.3. The first kappa shape index (κ1) is 17.8. The number of halogens is 1. The molecule has 132 valence electrons. The zero-order chi connectivity index (χ0) is 17.1. The molecule has 0 unspecified atom stereocenters. The van der Waals surface area contributed by atoms with E-state index in [1.807, 2.05) is 54.6 Å². The third kappa shape index (κ3) is 3.63. The molecule has 0 saturated carbocycles. The van der Waals surface area contributed by atoms with E-state index in [1.165, 1.54) is 0 Å². The smallest absolute Gasteiger partial charge is 0.142 e. The van der Waals surface area contributed by atoms with Gasteiger partial charge in [0.15, 0.2) is 0 Å². The molecular weight excluding hydrogens is 350 g/mol. The number of hydrogen-bond acceptors (Lipinski definition) is 4. The number of methoxy groups -OCH3 is 1. The second-order valence-electron chi connectivity index (χ2n) is 5.61. The van der Waals surface area contributed by atoms with E-state index >= 15 is 0 Å². The monoisotopic (exact) mass is 367 g/mol. The van der Waals surface area contributed by atoms with Crippen molar-refractivity contribution < 1.29 is 9.47 Å². The van der Waals surface area contributed by atoms with Gasteiger partial charge in [-0.15, -0.1) is 12.4 Å². The zero-order valence-corrected chi connectivity index (χ0v) is 15.0. The Morgan fingerprint density at radius 1 is 1.04 bits per heavy atom. The first-order valence-corrected chi connectivity index (χ1v) is 7.98. The highest BCUT2D eigenvalue weighted by Gasteiger charge is 2.12. The van der Waals surface area contributed by atoms with E-state index in [4.69, 9.17) is 9.47 Å². The number of aromatic amines is 1. The molecule has 0 atom stereocenters. The fraction of sp³-hybridized carbons (Fsp3) is 0.100. The summed E-state index contributed by atoms with van der Waals surface area (Å²) in [6.07, 6.45) is 3.49. The van der Waals surface area contributed by atoms with Crippen molar-refractivity contribution in [1.82, 2.24) is 15.0 Å². The van der Waals surface area contributed by atoms with Crippen LogP contribution < -0.4 is 9.47 Å². The van der Waals surface area contributed by atoms with Crippen molar-refractivity contribution in [3.05, 3.63) is 72.6 Å². The summed E-state index contributed by atoms with van der Waals surface area (Å²) in [4.78, 5) is 12.0. The van der Waals surface area contributed by atoms with Crippen LogP contribution in [0.1, 0.15) is 5.56 Å². The zero-order valence-electron chi connectivity index (χ0n) is 14.2. The van der Waals surface area contributed by atoms with Crippen molar-refractivity contribution in [3.63, 3.8) is 0 Å². The molecular formula is C20H18ClN3O2. The lowest BCUT2D eigenvalue weighted by Crippen LogP contribution is -1.96. The summed E-state index contributed by atoms with van der Waals surface area (Å²) in [7, 11) is 1.64. The summed E-state index contributed by atoms with van der Waals surface area (Å²) < 4.78 is 11.4. The van der Waals surface area contributed by atoms with Crippen molar-refractivity contribution >= 4 is 23.4 Å². The Morgan fingerprint density at radius 2 is 1.88 bits per heavy atom. The Bertz CT molecular complexity index is 969. The lowest BCUT2D eigenvalue weighted by Gasteiger charge is -2.10. The van der Waals surface area contributed by atoms with E-state index < -0.39 is 0 Å². The molecule has 0 amide bonds. The molecule has 0 saturated heterocycles. The Labute approximate surface area is 157 Å². The number of nitrogens with one attached hydrogen (secondary N) is 1. The molecule has 26 heavy (non-hydrogen) atoms. The highest BCUT2D eigenvalue weighted by molar-refractivity contribution is 5.85. The Balaban J connectivity index is 0.00000196. The van der Waals surface area contributed by atoms with Gasteiger partial charge in [-0.1, -0.05) is 30.3 Å². The van der Waals surface area contributed by atoms with Gasteiger partial charge in [0.1, 0.15) is 23.9 Å². The predicted octanol–water partition coefficient (Wildman–Crippen LogP) is 4.63. The minimum absolute atomic E-state index is 0. The second-order valence-corrected chi connectivity index (χ2v) is 5.61. The van der Waals surface area contributed by atoms with Crippen LogP contribution in [0.25, 0.3) is 22.4 Å². The molecule has 4 rings (SSSR count). The van der Waals surface area contributed by atoms with Gasteiger partial charge in [-0.2, -0.15) is 0 Å². The molecule has 6 heteroatoms. The summed E-state index contributed by atoms with van der Waals surface area (Å²) in [5.74, 6) is 2.20. The molecule has 1 N–H and O–H groups in total. The molecule has 0 aliphatic carbocycles. The Kier molecular flexibility index (Phi) is 5.39. The second kappa shape index (κ2) is 7.89. The maximum Gasteiger partial charge on any atom is 0.142 e. The van der Waals surface area contributed by atoms with Gasteiger partial charge < -0.3 is 14.5 Å². The third-order valence-corrected chi connectivity index (χ3v) is 3.96. The van der Waals surface area contributed by atoms with Crippen molar-refractivity contribution in [2.24, 2.45) is 0 Å². The summed E-state index contributed by atoms with van der Waals surface area (Å²) in [5, 5.41) is 0. The van der Waals surface area contributed by atoms with E-state index in [0.717, 1.165) is 33.7 Å². The number of hydrogen-bond donors (Lipinski definition) is 1. The molecule has 2 heterocycles. The number of H-pyrrole nitrogens is 1. The third-order valence-electron chi connectivity index (χ3n) is 3.96. The van der Waals surface area contributed by atoms with Gasteiger partial charge in [0.25, 0.3) is 0 Å². The van der Waals surface area contributed by atoms with Gasteiger partial charge in [-0.05, 0) is 23.8 Å². The molecule has 2 aromatic carbocycles. The maximum atomic E-state index is 5.86. The van der Waals surface area contributed by atoms with Crippen molar-refractivity contribution in [3.8, 4) is 22.9 Å². The molecule has 0 radical (unpaired) electrons. The van der Waals surface area contributed by atoms with Crippen LogP contribution in [0.2, 0.25) is 0 Å². The fourth-order valence-electron chi connectivity index (χ4n) is 2.68. The molecule has 0 aliphatic heterocycles. The average Bonchev–Trinajstić information content (AvgIpc) is 3.11. The minimum Gasteiger partial charge on any atom is -0.496 e. The average molecular weight is 368 g/mol. The van der Waals surface area contributed by atoms with Gasteiger partial charge >= 0.3 is 0 Å². The molecule has 0 bridgehead atoms. The first-order valence-electron chi connectivity index (χ1n) is 7.98. The van der Waals surface area contributed by atoms with Crippen LogP contribution in [-0.4, -0.2) is 22.1 Å². The number of nitrogens with zero attached hydrogens (tertiary/aromatic N) is 2. The van der Waals surface area contributed by atoms with Gasteiger partial charge in [0.2, 0.25) is 0 Å². The van der Waals surface area contributed by atoms with E-state index in [0.29, 0.717) is 12.4 Å². The SMILES string of the molecule is COc1cc(OCc2ccccc2)ccc1-c1nc2ccncc2[nH]1.Cl. The lowest BCUT2D eigenvalue weighted by atomic mass is 10.2. The molecule has 0 fully saturated rings. The van der Waals surface area contributed by atoms with Gasteiger partial charge in [-0.25, -0.2) is 4.98 Å². The van der Waals surface area contributed by atoms with Crippen LogP contribution in [0.15, 0.2) is 67.0 Å². The van der Waals surface area contributed by atoms with Crippen molar-refractivity contribution in [2.75, 3.05) is 7.11 Å². The number of ether oxygens (including phenoxy) is 2. The summed E-state index contributed by atoms with van der Waals surface area (Å²) >= 11 is 0. The summed E-state index contributed by atoms with van der Waals surface area (Å²) in [6, 6.07) is 17.7. The van der Waals surface area contributed by atoms with E-state index in [2.05, 4.69) is 15.0 Å². The van der Waals surface area contributed by atoms with E-state index in [1.54, 1.807) is 19.5 Å². The van der Waals surface area contributed by atoms with Crippen LogP contribution >= 0.6 is 12.4 Å². The van der Waals surface area contributed by atoms with Gasteiger partial charge in [0, 0.05) is 12.3 Å². The minimum atomic E-state index is 0. The lowest BCUT2D eigenvalue weighted by molar-refractivity contribution is 0.304. The number of pyridine rings is 1. The fourth-order valence-corrected chi connectivity index (χ4v) is 2.68. The largest absolute Gasteiger partial charge is 0.496 e. The molecule has 5 nitrogen and oxygen atoms in total. The van der Waals surface area contributed by atoms with Gasteiger partial charge in [-0.3, -0.25) is 4.98 Å². The van der Waals surface area contributed by atoms with E-state index in [9.17, 15) is 0 Å². The number of rotatable bonds is 5. The van der Waals surface area contributed by atoms with Crippen LogP contribution in [0.4, 0.5) is 0 Å². The van der Waals surface area contributed by atoms with Crippen molar-refractivity contribution in [2.45, 2.75) is 6.61 Å². The van der Waals surface area contributed by atoms with Crippen LogP contribution in [0.3, 0.4) is 0 Å². The topological polar surface area (TPSA) is 60.0 Å². The highest BCUT2D eigenvalue weighted by atomic mass is 35.5. The molecule has 2 aromatic heterocycles. The summed E-state index contributed by atoms with van der Waals surface area (Å²) in [6.45, 7) is 0.514. The van der Waals surface area contributed by atoms with Gasteiger partial charge in [0.05, 0.1) is 29.9 Å². The van der Waals surface area contributed by atoms with Crippen LogP contribution in [0.5, 0.6) is 11.5 Å². The van der Waals surface area contributed by atoms with Crippen LogP contribution in [0, 0.1) is 0 Å². The molecule has 0 aliphatic rings. The van der Waals surface area contributed by atoms with Crippen LogP contribution in [-0.2, 0) is 6.61 Å².